The molecule has 3 amide bonds. The molecule has 4 fully saturated rings. The molecule has 3 aliphatic heterocycles. The van der Waals surface area contributed by atoms with E-state index in [0.717, 1.165) is 25.7 Å². The summed E-state index contributed by atoms with van der Waals surface area (Å²) in [4.78, 5) is 41.9. The van der Waals surface area contributed by atoms with Gasteiger partial charge in [-0.25, -0.2) is 4.79 Å². The van der Waals surface area contributed by atoms with E-state index in [-0.39, 0.29) is 36.3 Å². The van der Waals surface area contributed by atoms with E-state index in [2.05, 4.69) is 12.2 Å². The van der Waals surface area contributed by atoms with Gasteiger partial charge in [-0.1, -0.05) is 19.8 Å². The highest BCUT2D eigenvalue weighted by molar-refractivity contribution is 6.22. The molecule has 4 rings (SSSR count). The summed E-state index contributed by atoms with van der Waals surface area (Å²) in [5.41, 5.74) is 0.00823. The number of hydrogen-bond acceptors (Lipinski definition) is 5. The summed E-state index contributed by atoms with van der Waals surface area (Å²) >= 11 is 6.37. The Kier molecular flexibility index (Phi) is 6.04. The van der Waals surface area contributed by atoms with Crippen LogP contribution in [-0.4, -0.2) is 90.5 Å². The van der Waals surface area contributed by atoms with Gasteiger partial charge >= 0.3 is 6.03 Å². The van der Waals surface area contributed by atoms with Crippen LogP contribution in [0.15, 0.2) is 0 Å². The van der Waals surface area contributed by atoms with Crippen molar-refractivity contribution in [3.63, 3.8) is 0 Å². The molecule has 0 spiro atoms. The zero-order valence-corrected chi connectivity index (χ0v) is 17.7. The molecule has 0 aromatic rings. The van der Waals surface area contributed by atoms with E-state index in [4.69, 9.17) is 21.1 Å². The number of alkyl halides is 1. The Labute approximate surface area is 176 Å². The fourth-order valence-electron chi connectivity index (χ4n) is 5.16. The summed E-state index contributed by atoms with van der Waals surface area (Å²) in [6.07, 6.45) is 4.47. The Morgan fingerprint density at radius 3 is 2.66 bits per heavy atom. The number of ether oxygens (including phenoxy) is 2. The molecular formula is C20H30ClN3O5. The van der Waals surface area contributed by atoms with Gasteiger partial charge in [0, 0.05) is 19.6 Å². The Morgan fingerprint density at radius 1 is 1.28 bits per heavy atom. The van der Waals surface area contributed by atoms with Crippen LogP contribution >= 0.6 is 11.6 Å². The second-order valence-electron chi connectivity index (χ2n) is 9.02. The van der Waals surface area contributed by atoms with Gasteiger partial charge in [-0.2, -0.15) is 0 Å². The van der Waals surface area contributed by atoms with Gasteiger partial charge in [0.05, 0.1) is 18.6 Å². The fraction of sp³-hybridized carbons (Fsp3) is 0.850. The molecule has 1 saturated carbocycles. The summed E-state index contributed by atoms with van der Waals surface area (Å²) in [5.74, 6) is -0.339. The van der Waals surface area contributed by atoms with Crippen LogP contribution in [0.1, 0.15) is 39.0 Å². The number of halogens is 1. The van der Waals surface area contributed by atoms with Crippen LogP contribution in [0, 0.1) is 5.41 Å². The summed E-state index contributed by atoms with van der Waals surface area (Å²) in [7, 11) is 0. The van der Waals surface area contributed by atoms with E-state index in [0.29, 0.717) is 32.7 Å². The molecular weight excluding hydrogens is 398 g/mol. The highest BCUT2D eigenvalue weighted by Gasteiger charge is 2.53. The molecule has 0 unspecified atom stereocenters. The number of nitrogens with one attached hydrogen (secondary N) is 1. The van der Waals surface area contributed by atoms with E-state index >= 15 is 0 Å². The van der Waals surface area contributed by atoms with Crippen molar-refractivity contribution in [1.29, 1.82) is 0 Å². The van der Waals surface area contributed by atoms with Crippen LogP contribution in [0.25, 0.3) is 0 Å². The number of ketones is 1. The average Bonchev–Trinajstić information content (AvgIpc) is 3.40. The molecule has 1 N–H and O–H groups in total. The average molecular weight is 428 g/mol. The molecule has 4 atom stereocenters. The summed E-state index contributed by atoms with van der Waals surface area (Å²) < 4.78 is 10.8. The maximum atomic E-state index is 13.5. The standard InChI is InChI=1S/C20H30ClN3O5/c1-20(4-2-3-5-20)10-14(22-19(27)23-6-8-28-9-7-23)18(26)24-11-13(21)17-16(24)15(25)12-29-17/h13-14,16-17H,2-12H2,1H3,(H,22,27)/t13-,14-,16+,17+/m0/s1. The SMILES string of the molecule is CC1(C[C@H](NC(=O)N2CCOCC2)C(=O)N2C[C@H](Cl)[C@H]3OCC(=O)[C@H]32)CCCC1. The van der Waals surface area contributed by atoms with Crippen LogP contribution in [0.2, 0.25) is 0 Å². The maximum Gasteiger partial charge on any atom is 0.318 e. The highest BCUT2D eigenvalue weighted by atomic mass is 35.5. The van der Waals surface area contributed by atoms with E-state index in [1.54, 1.807) is 9.80 Å². The van der Waals surface area contributed by atoms with Crippen LogP contribution in [0.4, 0.5) is 4.79 Å². The van der Waals surface area contributed by atoms with Crippen molar-refractivity contribution in [2.24, 2.45) is 5.41 Å². The van der Waals surface area contributed by atoms with E-state index in [9.17, 15) is 14.4 Å². The fourth-order valence-corrected chi connectivity index (χ4v) is 5.52. The van der Waals surface area contributed by atoms with E-state index < -0.39 is 23.6 Å². The van der Waals surface area contributed by atoms with Crippen molar-refractivity contribution in [2.45, 2.75) is 62.6 Å². The van der Waals surface area contributed by atoms with Crippen LogP contribution < -0.4 is 5.32 Å². The topological polar surface area (TPSA) is 88.2 Å². The first-order chi connectivity index (χ1) is 13.9. The number of nitrogens with zero attached hydrogens (tertiary/aromatic N) is 2. The summed E-state index contributed by atoms with van der Waals surface area (Å²) in [5, 5.41) is 2.56. The Balaban J connectivity index is 1.51. The number of urea groups is 1. The first-order valence-corrected chi connectivity index (χ1v) is 11.0. The second kappa shape index (κ2) is 8.40. The quantitative estimate of drug-likeness (QED) is 0.680. The van der Waals surface area contributed by atoms with Crippen LogP contribution in [0.5, 0.6) is 0 Å². The molecule has 29 heavy (non-hydrogen) atoms. The molecule has 0 aromatic carbocycles. The predicted molar refractivity (Wildman–Crippen MR) is 106 cm³/mol. The molecule has 1 aliphatic carbocycles. The molecule has 8 nitrogen and oxygen atoms in total. The Morgan fingerprint density at radius 2 is 1.97 bits per heavy atom. The molecule has 162 valence electrons. The van der Waals surface area contributed by atoms with Crippen molar-refractivity contribution in [2.75, 3.05) is 39.5 Å². The Hall–Kier alpha value is -1.38. The molecule has 0 radical (unpaired) electrons. The lowest BCUT2D eigenvalue weighted by Crippen LogP contribution is -2.56. The van der Waals surface area contributed by atoms with Crippen molar-refractivity contribution in [3.05, 3.63) is 0 Å². The summed E-state index contributed by atoms with van der Waals surface area (Å²) in [6, 6.07) is -1.56. The number of likely N-dealkylation sites (tertiary alicyclic amines) is 1. The summed E-state index contributed by atoms with van der Waals surface area (Å²) in [6.45, 7) is 4.46. The van der Waals surface area contributed by atoms with Crippen molar-refractivity contribution < 1.29 is 23.9 Å². The third-order valence-corrected chi connectivity index (χ3v) is 7.19. The molecule has 4 aliphatic rings. The van der Waals surface area contributed by atoms with Gasteiger partial charge in [-0.05, 0) is 24.7 Å². The number of morpholine rings is 1. The number of fused-ring (bicyclic) bond motifs is 1. The van der Waals surface area contributed by atoms with Crippen LogP contribution in [-0.2, 0) is 19.1 Å². The van der Waals surface area contributed by atoms with Gasteiger partial charge in [-0.15, -0.1) is 11.6 Å². The smallest absolute Gasteiger partial charge is 0.318 e. The molecule has 0 aromatic heterocycles. The molecule has 3 saturated heterocycles. The minimum absolute atomic E-state index is 0.00823. The highest BCUT2D eigenvalue weighted by Crippen LogP contribution is 2.42. The van der Waals surface area contributed by atoms with Crippen LogP contribution in [0.3, 0.4) is 0 Å². The van der Waals surface area contributed by atoms with Crippen molar-refractivity contribution in [1.82, 2.24) is 15.1 Å². The number of amides is 3. The lowest BCUT2D eigenvalue weighted by atomic mass is 9.81. The van der Waals surface area contributed by atoms with Gasteiger partial charge in [0.2, 0.25) is 5.91 Å². The van der Waals surface area contributed by atoms with Gasteiger partial charge in [0.25, 0.3) is 0 Å². The number of hydrogen-bond donors (Lipinski definition) is 1. The first-order valence-electron chi connectivity index (χ1n) is 10.6. The minimum atomic E-state index is -0.676. The predicted octanol–water partition coefficient (Wildman–Crippen LogP) is 1.15. The molecule has 0 bridgehead atoms. The molecule has 3 heterocycles. The Bertz CT molecular complexity index is 663. The van der Waals surface area contributed by atoms with Gasteiger partial charge in [-0.3, -0.25) is 9.59 Å². The normalized spacial score (nSPS) is 32.3. The number of Topliss-reactive ketones (excluding diaryl/α,β-unsaturated/α-hetero) is 1. The number of carbonyl (C=O) groups excluding carboxylic acids is 3. The van der Waals surface area contributed by atoms with Gasteiger partial charge < -0.3 is 24.6 Å². The minimum Gasteiger partial charge on any atom is -0.378 e. The van der Waals surface area contributed by atoms with Gasteiger partial charge in [0.1, 0.15) is 24.8 Å². The number of rotatable bonds is 4. The number of carbonyl (C=O) groups is 3. The van der Waals surface area contributed by atoms with E-state index in [1.807, 2.05) is 0 Å². The maximum absolute atomic E-state index is 13.5. The lowest BCUT2D eigenvalue weighted by molar-refractivity contribution is -0.138. The first kappa shape index (κ1) is 20.9. The largest absolute Gasteiger partial charge is 0.378 e. The lowest BCUT2D eigenvalue weighted by Gasteiger charge is -2.35. The monoisotopic (exact) mass is 427 g/mol. The third-order valence-electron chi connectivity index (χ3n) is 6.81. The van der Waals surface area contributed by atoms with Gasteiger partial charge in [0.15, 0.2) is 5.78 Å². The third kappa shape index (κ3) is 4.25. The second-order valence-corrected chi connectivity index (χ2v) is 9.58. The zero-order valence-electron chi connectivity index (χ0n) is 16.9. The zero-order chi connectivity index (χ0) is 20.6. The molecule has 9 heteroatoms. The van der Waals surface area contributed by atoms with Crippen molar-refractivity contribution in [3.8, 4) is 0 Å². The van der Waals surface area contributed by atoms with E-state index in [1.165, 1.54) is 0 Å². The van der Waals surface area contributed by atoms with Crippen molar-refractivity contribution >= 4 is 29.3 Å².